The molecule has 242 valence electrons. The first kappa shape index (κ1) is 29.1. The van der Waals surface area contributed by atoms with Crippen molar-refractivity contribution in [2.45, 2.75) is 5.41 Å². The number of benzene rings is 9. The molecule has 9 aromatic rings. The molecule has 0 aromatic heterocycles. The van der Waals surface area contributed by atoms with Crippen LogP contribution in [0.15, 0.2) is 200 Å². The van der Waals surface area contributed by atoms with E-state index < -0.39 is 5.41 Å². The van der Waals surface area contributed by atoms with Gasteiger partial charge in [0.05, 0.1) is 5.41 Å². The summed E-state index contributed by atoms with van der Waals surface area (Å²) < 4.78 is 0. The lowest BCUT2D eigenvalue weighted by Crippen LogP contribution is -2.23. The topological polar surface area (TPSA) is 3.24 Å². The maximum absolute atomic E-state index is 2.54. The molecule has 9 aromatic carbocycles. The van der Waals surface area contributed by atoms with Gasteiger partial charge in [-0.1, -0.05) is 164 Å². The molecule has 0 amide bonds. The van der Waals surface area contributed by atoms with Crippen LogP contribution in [0.3, 0.4) is 0 Å². The van der Waals surface area contributed by atoms with E-state index in [0.29, 0.717) is 0 Å². The van der Waals surface area contributed by atoms with Gasteiger partial charge >= 0.3 is 0 Å². The molecule has 1 atom stereocenters. The van der Waals surface area contributed by atoms with E-state index in [4.69, 9.17) is 0 Å². The third-order valence-electron chi connectivity index (χ3n) is 11.4. The predicted octanol–water partition coefficient (Wildman–Crippen LogP) is 13.4. The van der Waals surface area contributed by atoms with Crippen LogP contribution in [-0.4, -0.2) is 0 Å². The van der Waals surface area contributed by atoms with Crippen molar-refractivity contribution in [3.63, 3.8) is 0 Å². The standard InChI is InChI=1S/C51H33N/c1-3-15-34(16-4-1)47-33-51(49-26-14-12-24-44(47)49)48-25-13-11-23-43(48)45-30-28-37(32-50(45)51)52(35-17-5-2-6-18-35)36-27-29-42-40-21-8-7-19-38(40)39-20-9-10-22-41(39)46(42)31-36/h1-33H. The lowest BCUT2D eigenvalue weighted by molar-refractivity contribution is 0.821. The van der Waals surface area contributed by atoms with Crippen molar-refractivity contribution >= 4 is 55.0 Å². The second kappa shape index (κ2) is 11.2. The number of anilines is 3. The summed E-state index contributed by atoms with van der Waals surface area (Å²) in [5.41, 5.74) is 13.4. The van der Waals surface area contributed by atoms with Crippen LogP contribution in [0.2, 0.25) is 0 Å². The van der Waals surface area contributed by atoms with E-state index in [9.17, 15) is 0 Å². The largest absolute Gasteiger partial charge is 0.310 e. The minimum atomic E-state index is -0.412. The zero-order valence-corrected chi connectivity index (χ0v) is 28.5. The van der Waals surface area contributed by atoms with Crippen molar-refractivity contribution in [1.29, 1.82) is 0 Å². The second-order valence-corrected chi connectivity index (χ2v) is 14.0. The summed E-state index contributed by atoms with van der Waals surface area (Å²) in [4.78, 5) is 2.43. The second-order valence-electron chi connectivity index (χ2n) is 14.0. The van der Waals surface area contributed by atoms with Gasteiger partial charge in [-0.3, -0.25) is 0 Å². The van der Waals surface area contributed by atoms with E-state index in [0.717, 1.165) is 17.1 Å². The maximum atomic E-state index is 2.54. The summed E-state index contributed by atoms with van der Waals surface area (Å²) in [6.45, 7) is 0. The first-order chi connectivity index (χ1) is 25.8. The van der Waals surface area contributed by atoms with E-state index in [2.05, 4.69) is 205 Å². The molecule has 0 bridgehead atoms. The van der Waals surface area contributed by atoms with Crippen molar-refractivity contribution in [2.24, 2.45) is 0 Å². The lowest BCUT2D eigenvalue weighted by Gasteiger charge is -2.30. The zero-order chi connectivity index (χ0) is 34.2. The third kappa shape index (κ3) is 4.05. The molecule has 0 fully saturated rings. The Kier molecular flexibility index (Phi) is 6.23. The Labute approximate surface area is 303 Å². The highest BCUT2D eigenvalue weighted by atomic mass is 15.1. The summed E-state index contributed by atoms with van der Waals surface area (Å²) in [6, 6.07) is 71.5. The Morgan fingerprint density at radius 2 is 0.788 bits per heavy atom. The van der Waals surface area contributed by atoms with E-state index >= 15 is 0 Å². The molecule has 0 N–H and O–H groups in total. The van der Waals surface area contributed by atoms with Gasteiger partial charge in [0.15, 0.2) is 0 Å². The van der Waals surface area contributed by atoms with Crippen LogP contribution in [0.5, 0.6) is 0 Å². The van der Waals surface area contributed by atoms with Gasteiger partial charge in [-0.25, -0.2) is 0 Å². The molecular weight excluding hydrogens is 627 g/mol. The fraction of sp³-hybridized carbons (Fsp3) is 0.0196. The molecule has 0 saturated carbocycles. The molecule has 2 aliphatic carbocycles. The number of para-hydroxylation sites is 1. The van der Waals surface area contributed by atoms with Gasteiger partial charge in [-0.15, -0.1) is 0 Å². The normalized spacial score (nSPS) is 15.5. The third-order valence-corrected chi connectivity index (χ3v) is 11.4. The highest BCUT2D eigenvalue weighted by molar-refractivity contribution is 6.25. The maximum Gasteiger partial charge on any atom is 0.0660 e. The van der Waals surface area contributed by atoms with Crippen LogP contribution in [0, 0.1) is 0 Å². The van der Waals surface area contributed by atoms with Gasteiger partial charge in [0, 0.05) is 17.1 Å². The number of nitrogens with zero attached hydrogens (tertiary/aromatic N) is 1. The van der Waals surface area contributed by atoms with Crippen LogP contribution in [-0.2, 0) is 5.41 Å². The number of hydrogen-bond acceptors (Lipinski definition) is 1. The molecule has 52 heavy (non-hydrogen) atoms. The van der Waals surface area contributed by atoms with Crippen molar-refractivity contribution in [1.82, 2.24) is 0 Å². The number of hydrogen-bond donors (Lipinski definition) is 0. The fourth-order valence-corrected chi connectivity index (χ4v) is 9.23. The van der Waals surface area contributed by atoms with E-state index in [1.807, 2.05) is 0 Å². The Morgan fingerprint density at radius 1 is 0.308 bits per heavy atom. The highest BCUT2D eigenvalue weighted by Gasteiger charge is 2.48. The molecular formula is C51H33N. The summed E-state index contributed by atoms with van der Waals surface area (Å²) in [7, 11) is 0. The Balaban J connectivity index is 1.18. The van der Waals surface area contributed by atoms with Crippen molar-refractivity contribution in [2.75, 3.05) is 4.90 Å². The summed E-state index contributed by atoms with van der Waals surface area (Å²) >= 11 is 0. The number of rotatable bonds is 4. The molecule has 1 heteroatoms. The Morgan fingerprint density at radius 3 is 1.48 bits per heavy atom. The summed E-state index contributed by atoms with van der Waals surface area (Å²) in [6.07, 6.45) is 2.54. The molecule has 2 aliphatic rings. The van der Waals surface area contributed by atoms with E-state index in [1.165, 1.54) is 76.8 Å². The van der Waals surface area contributed by atoms with Gasteiger partial charge in [-0.2, -0.15) is 0 Å². The van der Waals surface area contributed by atoms with Gasteiger partial charge in [0.1, 0.15) is 0 Å². The molecule has 1 nitrogen and oxygen atoms in total. The minimum absolute atomic E-state index is 0.412. The predicted molar refractivity (Wildman–Crippen MR) is 219 cm³/mol. The molecule has 0 aliphatic heterocycles. The highest BCUT2D eigenvalue weighted by Crippen LogP contribution is 2.60. The molecule has 1 spiro atoms. The molecule has 0 radical (unpaired) electrons. The van der Waals surface area contributed by atoms with Crippen molar-refractivity contribution in [3.05, 3.63) is 228 Å². The van der Waals surface area contributed by atoms with Gasteiger partial charge in [-0.05, 0) is 113 Å². The first-order valence-electron chi connectivity index (χ1n) is 18.1. The van der Waals surface area contributed by atoms with Crippen LogP contribution >= 0.6 is 0 Å². The fourth-order valence-electron chi connectivity index (χ4n) is 9.23. The van der Waals surface area contributed by atoms with Crippen LogP contribution in [0.4, 0.5) is 17.1 Å². The van der Waals surface area contributed by atoms with Crippen LogP contribution in [0.25, 0.3) is 49.0 Å². The monoisotopic (exact) mass is 659 g/mol. The molecule has 0 saturated heterocycles. The quantitative estimate of drug-likeness (QED) is 0.170. The lowest BCUT2D eigenvalue weighted by atomic mass is 9.74. The molecule has 0 heterocycles. The van der Waals surface area contributed by atoms with Crippen molar-refractivity contribution < 1.29 is 0 Å². The van der Waals surface area contributed by atoms with Gasteiger partial charge in [0.2, 0.25) is 0 Å². The zero-order valence-electron chi connectivity index (χ0n) is 28.5. The average molecular weight is 660 g/mol. The molecule has 11 rings (SSSR count). The number of fused-ring (bicyclic) bond motifs is 13. The Bertz CT molecular complexity index is 2870. The van der Waals surface area contributed by atoms with E-state index in [-0.39, 0.29) is 0 Å². The van der Waals surface area contributed by atoms with E-state index in [1.54, 1.807) is 0 Å². The van der Waals surface area contributed by atoms with Gasteiger partial charge in [0.25, 0.3) is 0 Å². The smallest absolute Gasteiger partial charge is 0.0660 e. The first-order valence-corrected chi connectivity index (χ1v) is 18.1. The average Bonchev–Trinajstić information content (AvgIpc) is 3.72. The van der Waals surface area contributed by atoms with Crippen LogP contribution in [0.1, 0.15) is 27.8 Å². The SMILES string of the molecule is C1=C(c2ccccc2)c2ccccc2C12c1ccccc1-c1ccc(N(c3ccccc3)c3ccc4c5ccccc5c5ccccc5c4c3)cc12. The Hall–Kier alpha value is -6.70. The summed E-state index contributed by atoms with van der Waals surface area (Å²) in [5.74, 6) is 0. The van der Waals surface area contributed by atoms with Crippen molar-refractivity contribution in [3.8, 4) is 11.1 Å². The van der Waals surface area contributed by atoms with Crippen LogP contribution < -0.4 is 4.90 Å². The minimum Gasteiger partial charge on any atom is -0.310 e. The van der Waals surface area contributed by atoms with Gasteiger partial charge < -0.3 is 4.90 Å². The molecule has 1 unspecified atom stereocenters. The summed E-state index contributed by atoms with van der Waals surface area (Å²) in [5, 5.41) is 7.67. The number of allylic oxidation sites excluding steroid dienone is 1.